The first-order chi connectivity index (χ1) is 7.65. The van der Waals surface area contributed by atoms with Gasteiger partial charge in [0.25, 0.3) is 0 Å². The SMILES string of the molecule is CCc1ccccc1CNCC(O)C(C)C. The van der Waals surface area contributed by atoms with Crippen LogP contribution in [0, 0.1) is 5.92 Å². The smallest absolute Gasteiger partial charge is 0.0687 e. The van der Waals surface area contributed by atoms with Crippen LogP contribution in [0.4, 0.5) is 0 Å². The van der Waals surface area contributed by atoms with Gasteiger partial charge in [-0.2, -0.15) is 0 Å². The summed E-state index contributed by atoms with van der Waals surface area (Å²) in [4.78, 5) is 0. The first kappa shape index (κ1) is 13.2. The van der Waals surface area contributed by atoms with Crippen molar-refractivity contribution in [1.29, 1.82) is 0 Å². The second-order valence-electron chi connectivity index (χ2n) is 4.56. The predicted molar refractivity (Wildman–Crippen MR) is 68.4 cm³/mol. The molecule has 0 saturated heterocycles. The largest absolute Gasteiger partial charge is 0.392 e. The zero-order valence-electron chi connectivity index (χ0n) is 10.5. The van der Waals surface area contributed by atoms with E-state index in [1.54, 1.807) is 0 Å². The van der Waals surface area contributed by atoms with Crippen LogP contribution in [0.3, 0.4) is 0 Å². The molecule has 0 bridgehead atoms. The average Bonchev–Trinajstić information content (AvgIpc) is 2.29. The maximum Gasteiger partial charge on any atom is 0.0687 e. The van der Waals surface area contributed by atoms with Crippen LogP contribution in [0.15, 0.2) is 24.3 Å². The summed E-state index contributed by atoms with van der Waals surface area (Å²) in [6, 6.07) is 8.45. The number of hydrogen-bond donors (Lipinski definition) is 2. The highest BCUT2D eigenvalue weighted by Gasteiger charge is 2.08. The Morgan fingerprint density at radius 2 is 1.81 bits per heavy atom. The number of aliphatic hydroxyl groups excluding tert-OH is 1. The number of aryl methyl sites for hydroxylation is 1. The van der Waals surface area contributed by atoms with Crippen molar-refractivity contribution in [1.82, 2.24) is 5.32 Å². The van der Waals surface area contributed by atoms with Gasteiger partial charge in [-0.25, -0.2) is 0 Å². The van der Waals surface area contributed by atoms with Crippen molar-refractivity contribution in [3.05, 3.63) is 35.4 Å². The highest BCUT2D eigenvalue weighted by atomic mass is 16.3. The third-order valence-electron chi connectivity index (χ3n) is 2.94. The van der Waals surface area contributed by atoms with E-state index in [1.165, 1.54) is 11.1 Å². The van der Waals surface area contributed by atoms with Gasteiger partial charge in [-0.05, 0) is 23.5 Å². The van der Waals surface area contributed by atoms with Crippen LogP contribution in [-0.2, 0) is 13.0 Å². The summed E-state index contributed by atoms with van der Waals surface area (Å²) in [5.41, 5.74) is 2.72. The minimum Gasteiger partial charge on any atom is -0.392 e. The van der Waals surface area contributed by atoms with Crippen LogP contribution in [0.25, 0.3) is 0 Å². The lowest BCUT2D eigenvalue weighted by Gasteiger charge is -2.16. The van der Waals surface area contributed by atoms with E-state index < -0.39 is 0 Å². The van der Waals surface area contributed by atoms with Crippen LogP contribution in [0.5, 0.6) is 0 Å². The molecule has 1 atom stereocenters. The first-order valence-electron chi connectivity index (χ1n) is 6.10. The molecular formula is C14H23NO. The summed E-state index contributed by atoms with van der Waals surface area (Å²) in [6.07, 6.45) is 0.804. The van der Waals surface area contributed by atoms with Crippen LogP contribution in [0.2, 0.25) is 0 Å². The molecule has 90 valence electrons. The number of aliphatic hydroxyl groups is 1. The molecule has 0 fully saturated rings. The number of rotatable bonds is 6. The van der Waals surface area contributed by atoms with Crippen molar-refractivity contribution in [2.24, 2.45) is 5.92 Å². The molecule has 0 aliphatic heterocycles. The molecule has 2 N–H and O–H groups in total. The number of hydrogen-bond acceptors (Lipinski definition) is 2. The fraction of sp³-hybridized carbons (Fsp3) is 0.571. The Hall–Kier alpha value is -0.860. The maximum atomic E-state index is 9.67. The Bertz CT molecular complexity index is 309. The minimum absolute atomic E-state index is 0.256. The molecule has 2 heteroatoms. The molecule has 1 aromatic rings. The topological polar surface area (TPSA) is 32.3 Å². The van der Waals surface area contributed by atoms with Gasteiger partial charge >= 0.3 is 0 Å². The Balaban J connectivity index is 2.42. The van der Waals surface area contributed by atoms with Crippen LogP contribution < -0.4 is 5.32 Å². The van der Waals surface area contributed by atoms with Crippen molar-refractivity contribution < 1.29 is 5.11 Å². The average molecular weight is 221 g/mol. The van der Waals surface area contributed by atoms with Crippen molar-refractivity contribution >= 4 is 0 Å². The molecule has 0 saturated carbocycles. The molecule has 0 aliphatic carbocycles. The minimum atomic E-state index is -0.256. The van der Waals surface area contributed by atoms with E-state index in [-0.39, 0.29) is 6.10 Å². The van der Waals surface area contributed by atoms with Crippen molar-refractivity contribution in [2.45, 2.75) is 39.8 Å². The van der Waals surface area contributed by atoms with Gasteiger partial charge in [0.05, 0.1) is 6.10 Å². The van der Waals surface area contributed by atoms with Gasteiger partial charge in [0.1, 0.15) is 0 Å². The maximum absolute atomic E-state index is 9.67. The summed E-state index contributed by atoms with van der Waals surface area (Å²) in [5.74, 6) is 0.314. The molecule has 1 rings (SSSR count). The normalized spacial score (nSPS) is 13.1. The van der Waals surface area contributed by atoms with Crippen molar-refractivity contribution in [3.63, 3.8) is 0 Å². The standard InChI is InChI=1S/C14H23NO/c1-4-12-7-5-6-8-13(12)9-15-10-14(16)11(2)3/h5-8,11,14-16H,4,9-10H2,1-3H3. The molecule has 0 amide bonds. The molecule has 0 radical (unpaired) electrons. The van der Waals surface area contributed by atoms with Crippen LogP contribution in [-0.4, -0.2) is 17.8 Å². The van der Waals surface area contributed by atoms with Crippen molar-refractivity contribution in [2.75, 3.05) is 6.54 Å². The molecule has 0 aliphatic rings. The van der Waals surface area contributed by atoms with E-state index in [9.17, 15) is 5.11 Å². The Morgan fingerprint density at radius 3 is 2.38 bits per heavy atom. The van der Waals surface area contributed by atoms with Gasteiger partial charge in [0.2, 0.25) is 0 Å². The van der Waals surface area contributed by atoms with E-state index in [1.807, 2.05) is 13.8 Å². The summed E-state index contributed by atoms with van der Waals surface area (Å²) in [7, 11) is 0. The zero-order chi connectivity index (χ0) is 12.0. The second-order valence-corrected chi connectivity index (χ2v) is 4.56. The highest BCUT2D eigenvalue weighted by Crippen LogP contribution is 2.09. The summed E-state index contributed by atoms with van der Waals surface area (Å²) >= 11 is 0. The third-order valence-corrected chi connectivity index (χ3v) is 2.94. The molecule has 1 aromatic carbocycles. The van der Waals surface area contributed by atoms with Gasteiger partial charge < -0.3 is 10.4 Å². The highest BCUT2D eigenvalue weighted by molar-refractivity contribution is 5.26. The zero-order valence-corrected chi connectivity index (χ0v) is 10.5. The lowest BCUT2D eigenvalue weighted by Crippen LogP contribution is -2.30. The molecule has 1 unspecified atom stereocenters. The first-order valence-corrected chi connectivity index (χ1v) is 6.10. The van der Waals surface area contributed by atoms with Crippen LogP contribution >= 0.6 is 0 Å². The van der Waals surface area contributed by atoms with E-state index in [4.69, 9.17) is 0 Å². The lowest BCUT2D eigenvalue weighted by molar-refractivity contribution is 0.123. The van der Waals surface area contributed by atoms with E-state index in [0.717, 1.165) is 13.0 Å². The summed E-state index contributed by atoms with van der Waals surface area (Å²) in [6.45, 7) is 7.74. The Kier molecular flexibility index (Phi) is 5.50. The van der Waals surface area contributed by atoms with E-state index >= 15 is 0 Å². The lowest BCUT2D eigenvalue weighted by atomic mass is 10.0. The molecule has 2 nitrogen and oxygen atoms in total. The van der Waals surface area contributed by atoms with E-state index in [0.29, 0.717) is 12.5 Å². The molecule has 16 heavy (non-hydrogen) atoms. The van der Waals surface area contributed by atoms with Gasteiger partial charge in [0.15, 0.2) is 0 Å². The monoisotopic (exact) mass is 221 g/mol. The number of nitrogens with one attached hydrogen (secondary N) is 1. The molecule has 0 aromatic heterocycles. The van der Waals surface area contributed by atoms with Gasteiger partial charge in [-0.15, -0.1) is 0 Å². The molecule has 0 heterocycles. The Labute approximate surface area is 98.7 Å². The third kappa shape index (κ3) is 3.95. The van der Waals surface area contributed by atoms with Gasteiger partial charge in [-0.1, -0.05) is 45.0 Å². The molecular weight excluding hydrogens is 198 g/mol. The summed E-state index contributed by atoms with van der Waals surface area (Å²) in [5, 5.41) is 13.0. The quantitative estimate of drug-likeness (QED) is 0.773. The van der Waals surface area contributed by atoms with Gasteiger partial charge in [0, 0.05) is 13.1 Å². The van der Waals surface area contributed by atoms with E-state index in [2.05, 4.69) is 36.5 Å². The Morgan fingerprint density at radius 1 is 1.19 bits per heavy atom. The molecule has 0 spiro atoms. The predicted octanol–water partition coefficient (Wildman–Crippen LogP) is 2.36. The fourth-order valence-electron chi connectivity index (χ4n) is 1.67. The number of benzene rings is 1. The van der Waals surface area contributed by atoms with Crippen molar-refractivity contribution in [3.8, 4) is 0 Å². The second kappa shape index (κ2) is 6.66. The summed E-state index contributed by atoms with van der Waals surface area (Å²) < 4.78 is 0. The fourth-order valence-corrected chi connectivity index (χ4v) is 1.67. The van der Waals surface area contributed by atoms with Gasteiger partial charge in [-0.3, -0.25) is 0 Å². The van der Waals surface area contributed by atoms with Crippen LogP contribution in [0.1, 0.15) is 31.9 Å².